The van der Waals surface area contributed by atoms with Crippen molar-refractivity contribution >= 4 is 23.1 Å². The highest BCUT2D eigenvalue weighted by Gasteiger charge is 2.33. The van der Waals surface area contributed by atoms with Crippen LogP contribution in [0.3, 0.4) is 0 Å². The fourth-order valence-electron chi connectivity index (χ4n) is 2.75. The zero-order valence-electron chi connectivity index (χ0n) is 11.4. The molecule has 0 unspecified atom stereocenters. The van der Waals surface area contributed by atoms with E-state index < -0.39 is 0 Å². The van der Waals surface area contributed by atoms with Crippen LogP contribution in [0.1, 0.15) is 32.6 Å². The van der Waals surface area contributed by atoms with E-state index in [0.29, 0.717) is 17.3 Å². The van der Waals surface area contributed by atoms with E-state index in [4.69, 9.17) is 11.6 Å². The average Bonchev–Trinajstić information content (AvgIpc) is 2.83. The van der Waals surface area contributed by atoms with Crippen LogP contribution in [0.4, 0.5) is 5.82 Å². The molecule has 1 saturated carbocycles. The van der Waals surface area contributed by atoms with Crippen molar-refractivity contribution in [2.45, 2.75) is 38.1 Å². The number of hydrogen-bond acceptors (Lipinski definition) is 4. The second-order valence-electron chi connectivity index (χ2n) is 5.74. The van der Waals surface area contributed by atoms with Gasteiger partial charge >= 0.3 is 5.69 Å². The summed E-state index contributed by atoms with van der Waals surface area (Å²) in [6.07, 6.45) is 4.37. The van der Waals surface area contributed by atoms with Crippen LogP contribution in [0.25, 0.3) is 5.65 Å². The summed E-state index contributed by atoms with van der Waals surface area (Å²) in [6.45, 7) is 2.27. The first-order valence-electron chi connectivity index (χ1n) is 6.90. The van der Waals surface area contributed by atoms with Crippen molar-refractivity contribution < 1.29 is 0 Å². The van der Waals surface area contributed by atoms with Gasteiger partial charge in [-0.3, -0.25) is 0 Å². The fraction of sp³-hybridized carbons (Fsp3) is 0.615. The van der Waals surface area contributed by atoms with Crippen LogP contribution >= 0.6 is 11.6 Å². The van der Waals surface area contributed by atoms with Gasteiger partial charge in [0, 0.05) is 5.88 Å². The third-order valence-corrected chi connectivity index (χ3v) is 4.67. The van der Waals surface area contributed by atoms with Gasteiger partial charge in [0.25, 0.3) is 0 Å². The van der Waals surface area contributed by atoms with Crippen LogP contribution in [0, 0.1) is 5.92 Å². The maximum absolute atomic E-state index is 11.5. The van der Waals surface area contributed by atoms with Crippen LogP contribution in [0.5, 0.6) is 0 Å². The molecule has 0 aromatic carbocycles. The molecule has 1 fully saturated rings. The standard InChI is InChI=1S/C13H18ClN5O/c1-9-4-6-13(8-14,7-5-9)15-10-2-3-11-16-17-12(20)19(11)18-10/h2-3,9H,4-8H2,1H3,(H,15,18)(H,17,20). The molecule has 0 aliphatic heterocycles. The predicted molar refractivity (Wildman–Crippen MR) is 78.3 cm³/mol. The lowest BCUT2D eigenvalue weighted by atomic mass is 9.78. The molecule has 2 heterocycles. The molecule has 7 heteroatoms. The number of aromatic amines is 1. The SMILES string of the molecule is CC1CCC(CCl)(Nc2ccc3n[nH]c(=O)n3n2)CC1. The summed E-state index contributed by atoms with van der Waals surface area (Å²) in [4.78, 5) is 11.5. The molecule has 3 rings (SSSR count). The molecular formula is C13H18ClN5O. The Bertz CT molecular complexity index is 656. The first-order valence-corrected chi connectivity index (χ1v) is 7.44. The van der Waals surface area contributed by atoms with Crippen molar-refractivity contribution in [2.24, 2.45) is 5.92 Å². The minimum absolute atomic E-state index is 0.123. The van der Waals surface area contributed by atoms with E-state index in [1.54, 1.807) is 6.07 Å². The Hall–Kier alpha value is -1.56. The van der Waals surface area contributed by atoms with Crippen molar-refractivity contribution in [2.75, 3.05) is 11.2 Å². The summed E-state index contributed by atoms with van der Waals surface area (Å²) in [6, 6.07) is 3.60. The molecule has 2 aromatic heterocycles. The first kappa shape index (κ1) is 13.4. The molecule has 2 aromatic rings. The quantitative estimate of drug-likeness (QED) is 0.850. The van der Waals surface area contributed by atoms with Gasteiger partial charge in [-0.1, -0.05) is 6.92 Å². The molecular weight excluding hydrogens is 278 g/mol. The fourth-order valence-corrected chi connectivity index (χ4v) is 3.08. The van der Waals surface area contributed by atoms with Crippen LogP contribution in [-0.2, 0) is 0 Å². The summed E-state index contributed by atoms with van der Waals surface area (Å²) in [7, 11) is 0. The second kappa shape index (κ2) is 5.09. The summed E-state index contributed by atoms with van der Waals surface area (Å²) in [5.74, 6) is 1.95. The number of nitrogens with zero attached hydrogens (tertiary/aromatic N) is 3. The zero-order chi connectivity index (χ0) is 14.2. The Balaban J connectivity index is 1.87. The molecule has 20 heavy (non-hydrogen) atoms. The molecule has 0 bridgehead atoms. The predicted octanol–water partition coefficient (Wildman–Crippen LogP) is 2.02. The molecule has 1 aliphatic rings. The molecule has 2 N–H and O–H groups in total. The molecule has 1 aliphatic carbocycles. The van der Waals surface area contributed by atoms with Gasteiger partial charge < -0.3 is 5.32 Å². The summed E-state index contributed by atoms with van der Waals surface area (Å²) in [5.41, 5.74) is 0.0563. The lowest BCUT2D eigenvalue weighted by Gasteiger charge is -2.39. The lowest BCUT2D eigenvalue weighted by molar-refractivity contribution is 0.286. The average molecular weight is 296 g/mol. The Labute approximate surface area is 121 Å². The molecule has 0 amide bonds. The van der Waals surface area contributed by atoms with E-state index in [9.17, 15) is 4.79 Å². The third kappa shape index (κ3) is 2.40. The van der Waals surface area contributed by atoms with Crippen molar-refractivity contribution in [1.82, 2.24) is 19.8 Å². The molecule has 0 atom stereocenters. The first-order chi connectivity index (χ1) is 9.62. The van der Waals surface area contributed by atoms with Gasteiger partial charge in [-0.15, -0.1) is 16.7 Å². The van der Waals surface area contributed by atoms with E-state index in [1.807, 2.05) is 6.07 Å². The second-order valence-corrected chi connectivity index (χ2v) is 6.01. The highest BCUT2D eigenvalue weighted by atomic mass is 35.5. The van der Waals surface area contributed by atoms with Gasteiger partial charge in [0.1, 0.15) is 5.82 Å². The van der Waals surface area contributed by atoms with Crippen molar-refractivity contribution in [3.63, 3.8) is 0 Å². The Morgan fingerprint density at radius 1 is 1.50 bits per heavy atom. The zero-order valence-corrected chi connectivity index (χ0v) is 12.2. The summed E-state index contributed by atoms with van der Waals surface area (Å²) >= 11 is 6.19. The van der Waals surface area contributed by atoms with Gasteiger partial charge in [-0.05, 0) is 43.7 Å². The smallest absolute Gasteiger partial charge is 0.362 e. The van der Waals surface area contributed by atoms with E-state index in [-0.39, 0.29) is 11.2 Å². The number of nitrogens with one attached hydrogen (secondary N) is 2. The topological polar surface area (TPSA) is 75.1 Å². The maximum Gasteiger partial charge on any atom is 0.364 e. The number of H-pyrrole nitrogens is 1. The van der Waals surface area contributed by atoms with Crippen molar-refractivity contribution in [1.29, 1.82) is 0 Å². The summed E-state index contributed by atoms with van der Waals surface area (Å²) in [5, 5.41) is 14.0. The Morgan fingerprint density at radius 2 is 2.25 bits per heavy atom. The molecule has 6 nitrogen and oxygen atoms in total. The molecule has 0 radical (unpaired) electrons. The van der Waals surface area contributed by atoms with Crippen LogP contribution in [0.15, 0.2) is 16.9 Å². The molecule has 108 valence electrons. The van der Waals surface area contributed by atoms with E-state index in [2.05, 4.69) is 27.5 Å². The Kier molecular flexibility index (Phi) is 3.41. The van der Waals surface area contributed by atoms with Gasteiger partial charge in [-0.25, -0.2) is 9.89 Å². The largest absolute Gasteiger partial charge is 0.364 e. The van der Waals surface area contributed by atoms with E-state index >= 15 is 0 Å². The highest BCUT2D eigenvalue weighted by Crippen LogP contribution is 2.35. The van der Waals surface area contributed by atoms with Gasteiger partial charge in [0.2, 0.25) is 0 Å². The van der Waals surface area contributed by atoms with Crippen LogP contribution < -0.4 is 11.0 Å². The van der Waals surface area contributed by atoms with Gasteiger partial charge in [0.15, 0.2) is 5.65 Å². The van der Waals surface area contributed by atoms with Crippen LogP contribution in [-0.4, -0.2) is 31.2 Å². The van der Waals surface area contributed by atoms with E-state index in [0.717, 1.165) is 31.6 Å². The minimum atomic E-state index is -0.333. The molecule has 0 spiro atoms. The van der Waals surface area contributed by atoms with Crippen molar-refractivity contribution in [3.8, 4) is 0 Å². The number of aromatic nitrogens is 4. The third-order valence-electron chi connectivity index (χ3n) is 4.15. The number of alkyl halides is 1. The van der Waals surface area contributed by atoms with E-state index in [1.165, 1.54) is 4.52 Å². The monoisotopic (exact) mass is 295 g/mol. The lowest BCUT2D eigenvalue weighted by Crippen LogP contribution is -2.44. The number of halogens is 1. The number of rotatable bonds is 3. The van der Waals surface area contributed by atoms with Gasteiger partial charge in [0.05, 0.1) is 5.54 Å². The Morgan fingerprint density at radius 3 is 2.95 bits per heavy atom. The summed E-state index contributed by atoms with van der Waals surface area (Å²) < 4.78 is 1.26. The highest BCUT2D eigenvalue weighted by molar-refractivity contribution is 6.18. The normalized spacial score (nSPS) is 26.8. The number of anilines is 1. The minimum Gasteiger partial charge on any atom is -0.362 e. The number of hydrogen-bond donors (Lipinski definition) is 2. The van der Waals surface area contributed by atoms with Crippen molar-refractivity contribution in [3.05, 3.63) is 22.6 Å². The maximum atomic E-state index is 11.5. The van der Waals surface area contributed by atoms with Gasteiger partial charge in [-0.2, -0.15) is 9.61 Å². The molecule has 0 saturated heterocycles. The number of fused-ring (bicyclic) bond motifs is 1. The van der Waals surface area contributed by atoms with Crippen LogP contribution in [0.2, 0.25) is 0 Å².